The van der Waals surface area contributed by atoms with Crippen molar-refractivity contribution in [2.45, 2.75) is 91.0 Å². The van der Waals surface area contributed by atoms with Crippen LogP contribution in [0.3, 0.4) is 0 Å². The van der Waals surface area contributed by atoms with E-state index in [1.807, 2.05) is 0 Å². The van der Waals surface area contributed by atoms with Crippen LogP contribution < -0.4 is 37.5 Å². The van der Waals surface area contributed by atoms with Crippen molar-refractivity contribution in [2.75, 3.05) is 28.4 Å². The Morgan fingerprint density at radius 1 is 0.593 bits per heavy atom. The Morgan fingerprint density at radius 2 is 1.05 bits per heavy atom. The first-order valence-electron chi connectivity index (χ1n) is 26.1. The summed E-state index contributed by atoms with van der Waals surface area (Å²) in [7, 11) is 2.32. The van der Waals surface area contributed by atoms with E-state index in [0.717, 1.165) is 15.7 Å². The van der Waals surface area contributed by atoms with E-state index in [1.54, 1.807) is 6.92 Å². The molecule has 0 atom stereocenters. The molecule has 86 heavy (non-hydrogen) atoms. The van der Waals surface area contributed by atoms with Gasteiger partial charge in [0.25, 0.3) is 30.6 Å². The van der Waals surface area contributed by atoms with E-state index in [9.17, 15) is 57.4 Å². The molecule has 28 nitrogen and oxygen atoms in total. The summed E-state index contributed by atoms with van der Waals surface area (Å²) in [4.78, 5) is 107. The maximum absolute atomic E-state index is 13.8. The lowest BCUT2D eigenvalue weighted by atomic mass is 10.0. The third-order valence-electron chi connectivity index (χ3n) is 13.6. The molecule has 0 saturated carbocycles. The van der Waals surface area contributed by atoms with Crippen molar-refractivity contribution < 1.29 is 61.5 Å². The minimum Gasteiger partial charge on any atom is -0.541 e. The Hall–Kier alpha value is -10.3. The summed E-state index contributed by atoms with van der Waals surface area (Å²) in [6, 6.07) is 11.2. The van der Waals surface area contributed by atoms with Crippen LogP contribution in [-0.4, -0.2) is 127 Å². The summed E-state index contributed by atoms with van der Waals surface area (Å²) < 4.78 is 53.0. The van der Waals surface area contributed by atoms with Crippen LogP contribution in [-0.2, 0) is 51.2 Å². The average Bonchev–Trinajstić information content (AvgIpc) is 0.781. The van der Waals surface area contributed by atoms with E-state index in [2.05, 4.69) is 117 Å². The highest BCUT2D eigenvalue weighted by atomic mass is 28.4. The van der Waals surface area contributed by atoms with Crippen LogP contribution in [0.25, 0.3) is 43.6 Å². The largest absolute Gasteiger partial charge is 0.541 e. The first kappa shape index (κ1) is 64.8. The number of carbonyl (C=O) groups excluding carboxylic acids is 4. The minimum absolute atomic E-state index is 0.00826. The molecule has 8 aromatic rings. The summed E-state index contributed by atoms with van der Waals surface area (Å²) in [5, 5.41) is 41.4. The van der Waals surface area contributed by atoms with Gasteiger partial charge in [0.1, 0.15) is 63.7 Å². The quantitative estimate of drug-likeness (QED) is 0.0378. The number of nitrogens with one attached hydrogen (secondary N) is 4. The number of ether oxygens (including phenoxy) is 4. The van der Waals surface area contributed by atoms with Crippen molar-refractivity contribution in [2.24, 2.45) is 4.99 Å². The molecule has 6 N–H and O–H groups in total. The van der Waals surface area contributed by atoms with E-state index in [4.69, 9.17) is 4.43 Å². The van der Waals surface area contributed by atoms with Gasteiger partial charge in [-0.25, -0.2) is 42.7 Å². The van der Waals surface area contributed by atoms with E-state index in [0.29, 0.717) is 16.7 Å². The number of aromatic nitrogens is 10. The van der Waals surface area contributed by atoms with E-state index < -0.39 is 77.6 Å². The number of hydrogen-bond donors (Lipinski definition) is 6. The number of methoxy groups -OCH3 is 4. The highest BCUT2D eigenvalue weighted by Crippen LogP contribution is 2.46. The van der Waals surface area contributed by atoms with Gasteiger partial charge in [0, 0.05) is 0 Å². The van der Waals surface area contributed by atoms with Gasteiger partial charge in [-0.05, 0) is 64.5 Å². The SMILES string of the molecule is CC(C)[Si](Oc1c2ncnnc2c(O)c2c(=O)[nH]n(Cc3ccc(F)cc3)c(=O)c12)(C(C)C)C(C)C.COC(=O)C1=C(C(=O)OC)NNC=N1.COC(=O)CCC(=O)OC.Cc1c2nncnc2c(O)c2c(=O)n(Cc3ccc(F)cc3)[nH]c(=O)c12. The lowest BCUT2D eigenvalue weighted by molar-refractivity contribution is -0.147. The number of aromatic amines is 2. The molecule has 9 rings (SSSR count). The van der Waals surface area contributed by atoms with Gasteiger partial charge in [-0.2, -0.15) is 0 Å². The molecule has 0 radical (unpaired) electrons. The van der Waals surface area contributed by atoms with Crippen LogP contribution in [0.1, 0.15) is 71.1 Å². The number of hydrogen-bond acceptors (Lipinski definition) is 24. The van der Waals surface area contributed by atoms with E-state index in [1.165, 1.54) is 89.6 Å². The van der Waals surface area contributed by atoms with Gasteiger partial charge >= 0.3 is 23.9 Å². The molecule has 0 unspecified atom stereocenters. The summed E-state index contributed by atoms with van der Waals surface area (Å²) in [5.74, 6) is -3.78. The van der Waals surface area contributed by atoms with Crippen molar-refractivity contribution in [3.05, 3.63) is 142 Å². The van der Waals surface area contributed by atoms with E-state index in [-0.39, 0.29) is 103 Å². The molecule has 0 bridgehead atoms. The molecule has 31 heteroatoms. The number of esters is 4. The summed E-state index contributed by atoms with van der Waals surface area (Å²) in [6.45, 7) is 14.2. The first-order valence-corrected chi connectivity index (χ1v) is 28.2. The molecule has 454 valence electrons. The van der Waals surface area contributed by atoms with Gasteiger partial charge in [-0.15, -0.1) is 20.4 Å². The molecular weight excluding hydrogens is 1150 g/mol. The van der Waals surface area contributed by atoms with Crippen molar-refractivity contribution in [3.8, 4) is 17.2 Å². The summed E-state index contributed by atoms with van der Waals surface area (Å²) in [5.41, 5.74) is 4.90. The number of carbonyl (C=O) groups is 4. The number of H-pyrrole nitrogens is 2. The molecule has 1 aliphatic heterocycles. The fourth-order valence-corrected chi connectivity index (χ4v) is 14.9. The van der Waals surface area contributed by atoms with Gasteiger partial charge < -0.3 is 33.6 Å². The number of fused-ring (bicyclic) bond motifs is 4. The Morgan fingerprint density at radius 3 is 1.52 bits per heavy atom. The Balaban J connectivity index is 0.000000205. The molecule has 0 aliphatic carbocycles. The molecule has 0 amide bonds. The zero-order valence-electron chi connectivity index (χ0n) is 48.4. The maximum Gasteiger partial charge on any atom is 0.359 e. The van der Waals surface area contributed by atoms with Crippen LogP contribution in [0.4, 0.5) is 8.78 Å². The second-order valence-electron chi connectivity index (χ2n) is 19.7. The highest BCUT2D eigenvalue weighted by Gasteiger charge is 2.48. The number of aromatic hydroxyl groups is 2. The smallest absolute Gasteiger partial charge is 0.359 e. The number of phenols is 2. The second-order valence-corrected chi connectivity index (χ2v) is 25.1. The zero-order chi connectivity index (χ0) is 63.3. The van der Waals surface area contributed by atoms with Gasteiger partial charge in [-0.1, -0.05) is 65.8 Å². The van der Waals surface area contributed by atoms with Gasteiger partial charge in [-0.3, -0.25) is 49.8 Å². The zero-order valence-corrected chi connectivity index (χ0v) is 49.4. The van der Waals surface area contributed by atoms with E-state index >= 15 is 0 Å². The lowest BCUT2D eigenvalue weighted by Crippen LogP contribution is -2.51. The van der Waals surface area contributed by atoms with Crippen LogP contribution in [0, 0.1) is 18.6 Å². The van der Waals surface area contributed by atoms with Crippen molar-refractivity contribution in [3.63, 3.8) is 0 Å². The van der Waals surface area contributed by atoms with Gasteiger partial charge in [0.2, 0.25) is 0 Å². The molecule has 0 spiro atoms. The van der Waals surface area contributed by atoms with Gasteiger partial charge in [0.05, 0.1) is 65.1 Å². The third-order valence-corrected chi connectivity index (χ3v) is 19.6. The number of rotatable bonds is 14. The monoisotopic (exact) mass is 1210 g/mol. The predicted molar refractivity (Wildman–Crippen MR) is 309 cm³/mol. The van der Waals surface area contributed by atoms with Crippen molar-refractivity contribution >= 4 is 82.1 Å². The molecule has 4 aromatic heterocycles. The number of aliphatic imine (C=N–C) groups is 1. The molecule has 0 saturated heterocycles. The Bertz CT molecular complexity index is 4130. The standard InChI is InChI=1S/C25H30FN5O4Si.C17H12FN5O3.C7H9N3O4.C6H10O4/c1-13(2)36(14(3)4,15(5)6)35-23-19-18(22(32)20-21(23)27-12-28-29-20)24(33)30-31(25(19)34)11-16-7-9-17(26)10-8-16;1-8-11-12(15(24)14-13(8)21-20-7-19-14)17(26)23(22-16(11)25)6-9-2-4-10(18)5-3-9;1-13-6(11)4-5(7(12)14-2)10-9-3-8-4;1-9-5(7)3-4-6(8)10-2/h7-10,12-15,32H,11H2,1-6H3,(H,30,33);2-5,7,24H,6H2,1H3,(H,22,25);3,10H,1-2H3,(H,8,9);3-4H2,1-2H3. The molecule has 5 heterocycles. The number of phenolic OH excluding ortho intramolecular Hbond substituents is 2. The molecule has 4 aromatic carbocycles. The fourth-order valence-electron chi connectivity index (χ4n) is 9.59. The topological polar surface area (TPSA) is 378 Å². The van der Waals surface area contributed by atoms with Crippen LogP contribution in [0.2, 0.25) is 16.6 Å². The van der Waals surface area contributed by atoms with Crippen LogP contribution >= 0.6 is 0 Å². The molecule has 1 aliphatic rings. The van der Waals surface area contributed by atoms with Crippen molar-refractivity contribution in [1.29, 1.82) is 0 Å². The molecular formula is C55H61F2N13O15Si. The molecule has 0 fully saturated rings. The fraction of sp³-hybridized carbons (Fsp3) is 0.327. The normalized spacial score (nSPS) is 11.9. The van der Waals surface area contributed by atoms with Crippen LogP contribution in [0.5, 0.6) is 17.2 Å². The summed E-state index contributed by atoms with van der Waals surface area (Å²) >= 11 is 0. The highest BCUT2D eigenvalue weighted by molar-refractivity contribution is 6.78. The lowest BCUT2D eigenvalue weighted by Gasteiger charge is -2.42. The second kappa shape index (κ2) is 28.3. The van der Waals surface area contributed by atoms with Gasteiger partial charge in [0.15, 0.2) is 28.4 Å². The van der Waals surface area contributed by atoms with Crippen molar-refractivity contribution in [1.82, 2.24) is 60.8 Å². The number of benzene rings is 4. The maximum atomic E-state index is 13.8. The number of aryl methyl sites for hydroxylation is 1. The number of hydrazine groups is 1. The Kier molecular flexibility index (Phi) is 21.3. The minimum atomic E-state index is -2.63. The number of halogens is 2. The summed E-state index contributed by atoms with van der Waals surface area (Å²) in [6.07, 6.45) is 3.76. The number of nitrogens with zero attached hydrogens (tertiary/aromatic N) is 9. The predicted octanol–water partition coefficient (Wildman–Crippen LogP) is 4.50. The first-order chi connectivity index (χ1) is 40.9. The van der Waals surface area contributed by atoms with Crippen LogP contribution in [0.15, 0.2) is 96.8 Å². The Labute approximate surface area is 487 Å². The third kappa shape index (κ3) is 14.0. The average molecular weight is 1210 g/mol.